The Bertz CT molecular complexity index is 586. The molecule has 0 saturated carbocycles. The van der Waals surface area contributed by atoms with Crippen LogP contribution in [0.4, 0.5) is 13.2 Å². The molecule has 0 saturated heterocycles. The van der Waals surface area contributed by atoms with Crippen LogP contribution in [0.25, 0.3) is 5.69 Å². The highest BCUT2D eigenvalue weighted by Gasteiger charge is 2.37. The van der Waals surface area contributed by atoms with E-state index in [1.807, 2.05) is 5.10 Å². The van der Waals surface area contributed by atoms with Gasteiger partial charge in [0.05, 0.1) is 5.69 Å². The highest BCUT2D eigenvalue weighted by atomic mass is 35.5. The van der Waals surface area contributed by atoms with Crippen LogP contribution in [-0.4, -0.2) is 9.78 Å². The highest BCUT2D eigenvalue weighted by Crippen LogP contribution is 2.31. The first-order chi connectivity index (χ1) is 7.91. The van der Waals surface area contributed by atoms with Crippen LogP contribution < -0.4 is 5.56 Å². The number of benzene rings is 1. The molecule has 0 unspecified atom stereocenters. The van der Waals surface area contributed by atoms with Crippen LogP contribution in [0, 0.1) is 0 Å². The molecule has 0 aliphatic carbocycles. The zero-order valence-corrected chi connectivity index (χ0v) is 9.01. The molecule has 1 N–H and O–H groups in total. The molecule has 0 spiro atoms. The first kappa shape index (κ1) is 11.8. The van der Waals surface area contributed by atoms with Crippen molar-refractivity contribution in [2.24, 2.45) is 0 Å². The van der Waals surface area contributed by atoms with Crippen molar-refractivity contribution in [2.45, 2.75) is 6.18 Å². The van der Waals surface area contributed by atoms with E-state index < -0.39 is 22.5 Å². The molecule has 2 rings (SSSR count). The smallest absolute Gasteiger partial charge is 0.285 e. The van der Waals surface area contributed by atoms with Crippen LogP contribution in [0.3, 0.4) is 0 Å². The molecule has 2 aromatic rings. The lowest BCUT2D eigenvalue weighted by Crippen LogP contribution is -2.14. The van der Waals surface area contributed by atoms with Crippen molar-refractivity contribution in [1.82, 2.24) is 9.78 Å². The van der Waals surface area contributed by atoms with Gasteiger partial charge in [-0.3, -0.25) is 9.89 Å². The average molecular weight is 263 g/mol. The number of hydrogen-bond acceptors (Lipinski definition) is 1. The van der Waals surface area contributed by atoms with Crippen molar-refractivity contribution in [1.29, 1.82) is 0 Å². The van der Waals surface area contributed by atoms with E-state index in [4.69, 9.17) is 11.6 Å². The van der Waals surface area contributed by atoms with Gasteiger partial charge in [0.15, 0.2) is 5.69 Å². The third-order valence-corrected chi connectivity index (χ3v) is 2.48. The largest absolute Gasteiger partial charge is 0.434 e. The quantitative estimate of drug-likeness (QED) is 0.843. The maximum atomic E-state index is 12.5. The number of halogens is 4. The summed E-state index contributed by atoms with van der Waals surface area (Å²) < 4.78 is 38.2. The molecule has 1 aromatic carbocycles. The van der Waals surface area contributed by atoms with E-state index in [-0.39, 0.29) is 5.69 Å². The Kier molecular flexibility index (Phi) is 2.74. The molecule has 0 bridgehead atoms. The normalized spacial score (nSPS) is 11.8. The lowest BCUT2D eigenvalue weighted by molar-refractivity contribution is -0.141. The lowest BCUT2D eigenvalue weighted by atomic mass is 10.3. The molecule has 1 aromatic heterocycles. The van der Waals surface area contributed by atoms with E-state index in [0.717, 1.165) is 4.68 Å². The molecule has 7 heteroatoms. The van der Waals surface area contributed by atoms with Gasteiger partial charge in [-0.2, -0.15) is 13.2 Å². The predicted octanol–water partition coefficient (Wildman–Crippen LogP) is 2.84. The van der Waals surface area contributed by atoms with Crippen molar-refractivity contribution < 1.29 is 13.2 Å². The number of nitrogens with zero attached hydrogens (tertiary/aromatic N) is 1. The van der Waals surface area contributed by atoms with Gasteiger partial charge in [0.2, 0.25) is 0 Å². The van der Waals surface area contributed by atoms with E-state index in [1.54, 1.807) is 18.2 Å². The van der Waals surface area contributed by atoms with Gasteiger partial charge < -0.3 is 0 Å². The van der Waals surface area contributed by atoms with Crippen LogP contribution in [-0.2, 0) is 6.18 Å². The minimum absolute atomic E-state index is 0.287. The zero-order valence-electron chi connectivity index (χ0n) is 8.25. The summed E-state index contributed by atoms with van der Waals surface area (Å²) in [5.74, 6) is 0. The molecular formula is C10H6ClF3N2O. The minimum atomic E-state index is -4.68. The van der Waals surface area contributed by atoms with Crippen LogP contribution in [0.1, 0.15) is 5.69 Å². The molecule has 90 valence electrons. The topological polar surface area (TPSA) is 37.8 Å². The number of para-hydroxylation sites is 1. The number of aromatic amines is 1. The second kappa shape index (κ2) is 3.96. The summed E-state index contributed by atoms with van der Waals surface area (Å²) in [6.45, 7) is 0. The maximum Gasteiger partial charge on any atom is 0.434 e. The van der Waals surface area contributed by atoms with E-state index in [2.05, 4.69) is 0 Å². The number of nitrogens with one attached hydrogen (secondary N) is 1. The second-order valence-electron chi connectivity index (χ2n) is 3.27. The van der Waals surface area contributed by atoms with E-state index in [0.29, 0.717) is 0 Å². The molecule has 3 nitrogen and oxygen atoms in total. The van der Waals surface area contributed by atoms with Crippen molar-refractivity contribution >= 4 is 11.6 Å². The fraction of sp³-hybridized carbons (Fsp3) is 0.100. The van der Waals surface area contributed by atoms with E-state index in [9.17, 15) is 18.0 Å². The lowest BCUT2D eigenvalue weighted by Gasteiger charge is -2.03. The molecular weight excluding hydrogens is 257 g/mol. The molecule has 0 atom stereocenters. The van der Waals surface area contributed by atoms with Gasteiger partial charge in [0.1, 0.15) is 5.02 Å². The van der Waals surface area contributed by atoms with Crippen molar-refractivity contribution in [3.8, 4) is 5.69 Å². The van der Waals surface area contributed by atoms with Crippen molar-refractivity contribution in [3.63, 3.8) is 0 Å². The van der Waals surface area contributed by atoms with Crippen LogP contribution >= 0.6 is 11.6 Å². The second-order valence-corrected chi connectivity index (χ2v) is 3.65. The zero-order chi connectivity index (χ0) is 12.6. The fourth-order valence-electron chi connectivity index (χ4n) is 1.36. The Morgan fingerprint density at radius 1 is 1.18 bits per heavy atom. The molecule has 0 amide bonds. The van der Waals surface area contributed by atoms with E-state index in [1.165, 1.54) is 12.1 Å². The monoisotopic (exact) mass is 262 g/mol. The van der Waals surface area contributed by atoms with Crippen LogP contribution in [0.2, 0.25) is 5.02 Å². The summed E-state index contributed by atoms with van der Waals surface area (Å²) in [5, 5.41) is 1.09. The average Bonchev–Trinajstić information content (AvgIpc) is 2.57. The van der Waals surface area contributed by atoms with Gasteiger partial charge in [0, 0.05) is 0 Å². The first-order valence-corrected chi connectivity index (χ1v) is 4.92. The van der Waals surface area contributed by atoms with Crippen LogP contribution in [0.5, 0.6) is 0 Å². The van der Waals surface area contributed by atoms with Gasteiger partial charge in [-0.1, -0.05) is 29.8 Å². The fourth-order valence-corrected chi connectivity index (χ4v) is 1.60. The first-order valence-electron chi connectivity index (χ1n) is 4.54. The standard InChI is InChI=1S/C10H6ClF3N2O/c11-7-8(10(12,13)14)15-16(9(7)17)6-4-2-1-3-5-6/h1-5,15H. The van der Waals surface area contributed by atoms with E-state index >= 15 is 0 Å². The number of rotatable bonds is 1. The molecule has 0 aliphatic rings. The summed E-state index contributed by atoms with van der Waals surface area (Å²) in [4.78, 5) is 11.5. The molecule has 0 radical (unpaired) electrons. The Morgan fingerprint density at radius 3 is 2.24 bits per heavy atom. The summed E-state index contributed by atoms with van der Waals surface area (Å²) in [6.07, 6.45) is -4.68. The number of aromatic nitrogens is 2. The highest BCUT2D eigenvalue weighted by molar-refractivity contribution is 6.31. The predicted molar refractivity (Wildman–Crippen MR) is 56.4 cm³/mol. The summed E-state index contributed by atoms with van der Waals surface area (Å²) in [6, 6.07) is 7.88. The molecule has 1 heterocycles. The maximum absolute atomic E-state index is 12.5. The Hall–Kier alpha value is -1.69. The molecule has 0 aliphatic heterocycles. The van der Waals surface area contributed by atoms with Crippen molar-refractivity contribution in [2.75, 3.05) is 0 Å². The third kappa shape index (κ3) is 2.08. The van der Waals surface area contributed by atoms with Crippen molar-refractivity contribution in [3.05, 3.63) is 51.4 Å². The van der Waals surface area contributed by atoms with Gasteiger partial charge in [-0.25, -0.2) is 4.68 Å². The van der Waals surface area contributed by atoms with Gasteiger partial charge in [-0.15, -0.1) is 0 Å². The molecule has 17 heavy (non-hydrogen) atoms. The Morgan fingerprint density at radius 2 is 1.76 bits per heavy atom. The minimum Gasteiger partial charge on any atom is -0.285 e. The summed E-state index contributed by atoms with van der Waals surface area (Å²) in [5.41, 5.74) is -1.88. The van der Waals surface area contributed by atoms with Crippen LogP contribution in [0.15, 0.2) is 35.1 Å². The van der Waals surface area contributed by atoms with Gasteiger partial charge >= 0.3 is 6.18 Å². The van der Waals surface area contributed by atoms with Gasteiger partial charge in [0.25, 0.3) is 5.56 Å². The summed E-state index contributed by atoms with van der Waals surface area (Å²) in [7, 11) is 0. The Labute approximate surface area is 98.4 Å². The number of H-pyrrole nitrogens is 1. The number of hydrogen-bond donors (Lipinski definition) is 1. The number of alkyl halides is 3. The molecule has 0 fully saturated rings. The Balaban J connectivity index is 2.63. The summed E-state index contributed by atoms with van der Waals surface area (Å²) >= 11 is 5.36. The SMILES string of the molecule is O=c1c(Cl)c(C(F)(F)F)[nH]n1-c1ccccc1. The third-order valence-electron chi connectivity index (χ3n) is 2.13. The van der Waals surface area contributed by atoms with Gasteiger partial charge in [-0.05, 0) is 12.1 Å².